The van der Waals surface area contributed by atoms with Crippen molar-refractivity contribution in [2.24, 2.45) is 5.73 Å². The lowest BCUT2D eigenvalue weighted by Gasteiger charge is -2.10. The van der Waals surface area contributed by atoms with Crippen LogP contribution in [-0.4, -0.2) is 4.98 Å². The summed E-state index contributed by atoms with van der Waals surface area (Å²) in [4.78, 5) is 4.45. The summed E-state index contributed by atoms with van der Waals surface area (Å²) >= 11 is 1.66. The molecule has 1 aromatic carbocycles. The van der Waals surface area contributed by atoms with E-state index >= 15 is 0 Å². The summed E-state index contributed by atoms with van der Waals surface area (Å²) in [7, 11) is 0. The summed E-state index contributed by atoms with van der Waals surface area (Å²) in [5.41, 5.74) is 11.1. The largest absolute Gasteiger partial charge is 0.322 e. The number of thiazole rings is 1. The second kappa shape index (κ2) is 4.98. The van der Waals surface area contributed by atoms with Crippen LogP contribution in [0.5, 0.6) is 0 Å². The van der Waals surface area contributed by atoms with Crippen LogP contribution < -0.4 is 5.73 Å². The van der Waals surface area contributed by atoms with E-state index in [1.807, 2.05) is 6.92 Å². The van der Waals surface area contributed by atoms with Gasteiger partial charge >= 0.3 is 0 Å². The van der Waals surface area contributed by atoms with Crippen molar-refractivity contribution in [3.8, 4) is 0 Å². The van der Waals surface area contributed by atoms with E-state index in [-0.39, 0.29) is 6.04 Å². The first-order valence-electron chi connectivity index (χ1n) is 5.79. The van der Waals surface area contributed by atoms with E-state index in [9.17, 15) is 0 Å². The van der Waals surface area contributed by atoms with Gasteiger partial charge in [0.2, 0.25) is 0 Å². The van der Waals surface area contributed by atoms with Crippen molar-refractivity contribution in [1.29, 1.82) is 0 Å². The van der Waals surface area contributed by atoms with Crippen LogP contribution in [0.4, 0.5) is 0 Å². The third kappa shape index (κ3) is 3.14. The highest BCUT2D eigenvalue weighted by atomic mass is 32.1. The molecule has 0 aliphatic heterocycles. The molecule has 0 bridgehead atoms. The zero-order valence-corrected chi connectivity index (χ0v) is 11.3. The molecule has 2 nitrogen and oxygen atoms in total. The van der Waals surface area contributed by atoms with Crippen LogP contribution in [0.15, 0.2) is 23.6 Å². The molecule has 2 rings (SSSR count). The first kappa shape index (κ1) is 12.3. The van der Waals surface area contributed by atoms with Crippen LogP contribution in [0.2, 0.25) is 0 Å². The van der Waals surface area contributed by atoms with Crippen molar-refractivity contribution in [3.63, 3.8) is 0 Å². The van der Waals surface area contributed by atoms with E-state index in [2.05, 4.69) is 42.4 Å². The van der Waals surface area contributed by atoms with E-state index in [1.54, 1.807) is 11.3 Å². The molecule has 2 N–H and O–H groups in total. The Bertz CT molecular complexity index is 496. The molecule has 0 aliphatic rings. The van der Waals surface area contributed by atoms with E-state index in [4.69, 9.17) is 5.73 Å². The summed E-state index contributed by atoms with van der Waals surface area (Å²) in [6.45, 7) is 6.25. The standard InChI is InChI=1S/C14H18N2S/c1-9-4-10(2)6-12(5-9)7-13(15)14-8-17-11(3)16-14/h4-6,8,13H,7,15H2,1-3H3. The molecule has 1 atom stereocenters. The predicted molar refractivity (Wildman–Crippen MR) is 73.4 cm³/mol. The van der Waals surface area contributed by atoms with Crippen molar-refractivity contribution < 1.29 is 0 Å². The van der Waals surface area contributed by atoms with Gasteiger partial charge in [-0.1, -0.05) is 29.3 Å². The van der Waals surface area contributed by atoms with Gasteiger partial charge in [0.15, 0.2) is 0 Å². The summed E-state index contributed by atoms with van der Waals surface area (Å²) in [6, 6.07) is 6.58. The summed E-state index contributed by atoms with van der Waals surface area (Å²) in [5.74, 6) is 0. The number of nitrogens with zero attached hydrogens (tertiary/aromatic N) is 1. The van der Waals surface area contributed by atoms with Gasteiger partial charge in [-0.25, -0.2) is 4.98 Å². The topological polar surface area (TPSA) is 38.9 Å². The molecule has 0 radical (unpaired) electrons. The molecule has 0 saturated heterocycles. The molecule has 0 saturated carbocycles. The normalized spacial score (nSPS) is 12.7. The molecule has 90 valence electrons. The highest BCUT2D eigenvalue weighted by Gasteiger charge is 2.10. The van der Waals surface area contributed by atoms with Crippen LogP contribution >= 0.6 is 11.3 Å². The third-order valence-electron chi connectivity index (χ3n) is 2.75. The summed E-state index contributed by atoms with van der Waals surface area (Å²) < 4.78 is 0. The van der Waals surface area contributed by atoms with E-state index in [0.29, 0.717) is 0 Å². The predicted octanol–water partition coefficient (Wildman–Crippen LogP) is 3.31. The molecule has 2 aromatic rings. The Hall–Kier alpha value is -1.19. The summed E-state index contributed by atoms with van der Waals surface area (Å²) in [5, 5.41) is 3.14. The fourth-order valence-electron chi connectivity index (χ4n) is 2.10. The monoisotopic (exact) mass is 246 g/mol. The molecule has 1 heterocycles. The smallest absolute Gasteiger partial charge is 0.0898 e. The number of nitrogens with two attached hydrogens (primary N) is 1. The first-order chi connectivity index (χ1) is 8.04. The van der Waals surface area contributed by atoms with E-state index in [0.717, 1.165) is 17.1 Å². The van der Waals surface area contributed by atoms with E-state index in [1.165, 1.54) is 16.7 Å². The molecule has 0 aliphatic carbocycles. The third-order valence-corrected chi connectivity index (χ3v) is 3.55. The minimum atomic E-state index is 0.00106. The van der Waals surface area contributed by atoms with Crippen LogP contribution in [0.3, 0.4) is 0 Å². The zero-order valence-electron chi connectivity index (χ0n) is 10.5. The Balaban J connectivity index is 2.15. The molecule has 3 heteroatoms. The van der Waals surface area contributed by atoms with Gasteiger partial charge in [0.05, 0.1) is 16.7 Å². The zero-order chi connectivity index (χ0) is 12.4. The van der Waals surface area contributed by atoms with Gasteiger partial charge in [-0.05, 0) is 32.8 Å². The number of hydrogen-bond donors (Lipinski definition) is 1. The molecule has 0 spiro atoms. The quantitative estimate of drug-likeness (QED) is 0.902. The lowest BCUT2D eigenvalue weighted by atomic mass is 10.0. The van der Waals surface area contributed by atoms with Crippen LogP contribution in [0.1, 0.15) is 33.4 Å². The van der Waals surface area contributed by atoms with Crippen molar-refractivity contribution in [2.45, 2.75) is 33.2 Å². The molecular formula is C14H18N2S. The van der Waals surface area contributed by atoms with Crippen molar-refractivity contribution in [2.75, 3.05) is 0 Å². The second-order valence-corrected chi connectivity index (χ2v) is 5.66. The average molecular weight is 246 g/mol. The van der Waals surface area contributed by atoms with Crippen LogP contribution in [0.25, 0.3) is 0 Å². The Kier molecular flexibility index (Phi) is 3.60. The first-order valence-corrected chi connectivity index (χ1v) is 6.67. The molecular weight excluding hydrogens is 228 g/mol. The Labute approximate surface area is 107 Å². The summed E-state index contributed by atoms with van der Waals surface area (Å²) in [6.07, 6.45) is 0.853. The highest BCUT2D eigenvalue weighted by Crippen LogP contribution is 2.19. The van der Waals surface area contributed by atoms with Crippen molar-refractivity contribution in [3.05, 3.63) is 51.0 Å². The van der Waals surface area contributed by atoms with E-state index < -0.39 is 0 Å². The minimum Gasteiger partial charge on any atom is -0.322 e. The fourth-order valence-corrected chi connectivity index (χ4v) is 2.77. The van der Waals surface area contributed by atoms with Gasteiger partial charge in [0, 0.05) is 5.38 Å². The molecule has 0 fully saturated rings. The second-order valence-electron chi connectivity index (χ2n) is 4.60. The van der Waals surface area contributed by atoms with Gasteiger partial charge in [0.25, 0.3) is 0 Å². The van der Waals surface area contributed by atoms with Gasteiger partial charge < -0.3 is 5.73 Å². The minimum absolute atomic E-state index is 0.00106. The van der Waals surface area contributed by atoms with Crippen LogP contribution in [-0.2, 0) is 6.42 Å². The highest BCUT2D eigenvalue weighted by molar-refractivity contribution is 7.09. The molecule has 0 amide bonds. The van der Waals surface area contributed by atoms with Gasteiger partial charge in [-0.15, -0.1) is 11.3 Å². The van der Waals surface area contributed by atoms with Gasteiger partial charge in [-0.3, -0.25) is 0 Å². The Morgan fingerprint density at radius 3 is 2.35 bits per heavy atom. The maximum atomic E-state index is 6.18. The Morgan fingerprint density at radius 2 is 1.82 bits per heavy atom. The number of hydrogen-bond acceptors (Lipinski definition) is 3. The van der Waals surface area contributed by atoms with Gasteiger partial charge in [0.1, 0.15) is 0 Å². The lowest BCUT2D eigenvalue weighted by molar-refractivity contribution is 0.699. The number of aryl methyl sites for hydroxylation is 3. The average Bonchev–Trinajstić information content (AvgIpc) is 2.63. The van der Waals surface area contributed by atoms with Gasteiger partial charge in [-0.2, -0.15) is 0 Å². The SMILES string of the molecule is Cc1cc(C)cc(CC(N)c2csc(C)n2)c1. The number of rotatable bonds is 3. The molecule has 1 unspecified atom stereocenters. The fraction of sp³-hybridized carbons (Fsp3) is 0.357. The van der Waals surface area contributed by atoms with Crippen LogP contribution in [0, 0.1) is 20.8 Å². The van der Waals surface area contributed by atoms with Crippen molar-refractivity contribution >= 4 is 11.3 Å². The van der Waals surface area contributed by atoms with Crippen molar-refractivity contribution in [1.82, 2.24) is 4.98 Å². The molecule has 1 aromatic heterocycles. The number of aromatic nitrogens is 1. The lowest BCUT2D eigenvalue weighted by Crippen LogP contribution is -2.14. The molecule has 17 heavy (non-hydrogen) atoms. The number of benzene rings is 1. The Morgan fingerprint density at radius 1 is 1.18 bits per heavy atom. The maximum absolute atomic E-state index is 6.18. The maximum Gasteiger partial charge on any atom is 0.0898 e.